The van der Waals surface area contributed by atoms with Gasteiger partial charge in [0.1, 0.15) is 11.6 Å². The van der Waals surface area contributed by atoms with Crippen LogP contribution < -0.4 is 5.32 Å². The molecule has 2 aromatic heterocycles. The van der Waals surface area contributed by atoms with E-state index in [-0.39, 0.29) is 11.6 Å². The number of hydrogen-bond donors (Lipinski definition) is 1. The Hall–Kier alpha value is -4.96. The molecule has 0 spiro atoms. The van der Waals surface area contributed by atoms with Crippen LogP contribution in [0.2, 0.25) is 10.0 Å². The summed E-state index contributed by atoms with van der Waals surface area (Å²) in [7, 11) is 0. The van der Waals surface area contributed by atoms with Gasteiger partial charge in [-0.25, -0.2) is 0 Å². The Morgan fingerprint density at radius 3 is 1.40 bits per heavy atom. The predicted octanol–water partition coefficient (Wildman–Crippen LogP) is 6.52. The topological polar surface area (TPSA) is 108 Å². The SMILES string of the molecule is Cc1nnc(CNCc2nnc(C)n2-c2ccc(Cl)cc2C(=O)c2ccccc2)n1-c1ccc(Cl)cc1C(=O)c1ccccc1. The first-order valence-corrected chi connectivity index (χ1v) is 14.9. The first kappa shape index (κ1) is 30.1. The van der Waals surface area contributed by atoms with Crippen LogP contribution in [-0.2, 0) is 13.1 Å². The lowest BCUT2D eigenvalue weighted by molar-refractivity contribution is 0.103. The third-order valence-corrected chi connectivity index (χ3v) is 7.78. The van der Waals surface area contributed by atoms with Crippen LogP contribution in [0.4, 0.5) is 0 Å². The minimum absolute atomic E-state index is 0.160. The largest absolute Gasteiger partial charge is 0.303 e. The Balaban J connectivity index is 1.28. The Morgan fingerprint density at radius 1 is 0.600 bits per heavy atom. The molecule has 0 fully saturated rings. The molecule has 1 N–H and O–H groups in total. The second-order valence-corrected chi connectivity index (χ2v) is 11.2. The average molecular weight is 637 g/mol. The summed E-state index contributed by atoms with van der Waals surface area (Å²) in [5.74, 6) is 2.08. The van der Waals surface area contributed by atoms with E-state index in [1.54, 1.807) is 60.7 Å². The Labute approximate surface area is 269 Å². The second-order valence-electron chi connectivity index (χ2n) is 10.3. The van der Waals surface area contributed by atoms with Crippen LogP contribution in [0.1, 0.15) is 55.1 Å². The summed E-state index contributed by atoms with van der Waals surface area (Å²) in [6.07, 6.45) is 0. The van der Waals surface area contributed by atoms with E-state index in [0.717, 1.165) is 0 Å². The zero-order chi connectivity index (χ0) is 31.5. The summed E-state index contributed by atoms with van der Waals surface area (Å²) in [4.78, 5) is 27.0. The van der Waals surface area contributed by atoms with E-state index >= 15 is 0 Å². The number of rotatable bonds is 10. The maximum atomic E-state index is 13.5. The molecule has 0 aliphatic heterocycles. The highest BCUT2D eigenvalue weighted by Crippen LogP contribution is 2.27. The maximum absolute atomic E-state index is 13.5. The third-order valence-electron chi connectivity index (χ3n) is 7.31. The molecule has 4 aromatic carbocycles. The van der Waals surface area contributed by atoms with Crippen molar-refractivity contribution >= 4 is 34.8 Å². The van der Waals surface area contributed by atoms with Gasteiger partial charge in [-0.05, 0) is 50.2 Å². The highest BCUT2D eigenvalue weighted by atomic mass is 35.5. The fourth-order valence-electron chi connectivity index (χ4n) is 5.21. The van der Waals surface area contributed by atoms with E-state index in [2.05, 4.69) is 25.7 Å². The highest BCUT2D eigenvalue weighted by Gasteiger charge is 2.22. The average Bonchev–Trinajstić information content (AvgIpc) is 3.62. The summed E-state index contributed by atoms with van der Waals surface area (Å²) in [6, 6.07) is 28.5. The van der Waals surface area contributed by atoms with E-state index in [9.17, 15) is 9.59 Å². The fraction of sp³-hybridized carbons (Fsp3) is 0.118. The van der Waals surface area contributed by atoms with Crippen LogP contribution in [0.15, 0.2) is 97.1 Å². The number of halogens is 2. The number of carbonyl (C=O) groups is 2. The number of nitrogens with one attached hydrogen (secondary N) is 1. The number of hydrogen-bond acceptors (Lipinski definition) is 7. The molecule has 2 heterocycles. The first-order valence-electron chi connectivity index (χ1n) is 14.1. The van der Waals surface area contributed by atoms with E-state index in [1.807, 2.05) is 59.4 Å². The standard InChI is InChI=1S/C34H27Cl2N7O2/c1-21-38-40-31(42(21)29-15-13-25(35)17-27(29)33(44)23-9-5-3-6-10-23)19-37-20-32-41-39-22(2)43(32)30-16-14-26(36)18-28(30)34(45)24-11-7-4-8-12-24/h3-18,37H,19-20H2,1-2H3. The molecule has 6 rings (SSSR count). The van der Waals surface area contributed by atoms with Gasteiger partial charge in [0.15, 0.2) is 23.2 Å². The molecule has 45 heavy (non-hydrogen) atoms. The van der Waals surface area contributed by atoms with Crippen LogP contribution in [0.5, 0.6) is 0 Å². The van der Waals surface area contributed by atoms with Gasteiger partial charge in [-0.3, -0.25) is 18.7 Å². The van der Waals surface area contributed by atoms with Crippen LogP contribution in [-0.4, -0.2) is 41.1 Å². The van der Waals surface area contributed by atoms with Crippen LogP contribution in [0.25, 0.3) is 11.4 Å². The van der Waals surface area contributed by atoms with Crippen LogP contribution >= 0.6 is 23.2 Å². The molecule has 0 unspecified atom stereocenters. The van der Waals surface area contributed by atoms with Gasteiger partial charge in [-0.2, -0.15) is 0 Å². The van der Waals surface area contributed by atoms with Gasteiger partial charge in [0.25, 0.3) is 0 Å². The van der Waals surface area contributed by atoms with E-state index in [1.165, 1.54) is 0 Å². The molecule has 0 aliphatic carbocycles. The molecule has 0 amide bonds. The van der Waals surface area contributed by atoms with Crippen LogP contribution in [0.3, 0.4) is 0 Å². The lowest BCUT2D eigenvalue weighted by Gasteiger charge is -2.15. The van der Waals surface area contributed by atoms with Gasteiger partial charge in [0.2, 0.25) is 0 Å². The summed E-state index contributed by atoms with van der Waals surface area (Å²) >= 11 is 12.7. The van der Waals surface area contributed by atoms with Crippen molar-refractivity contribution in [3.63, 3.8) is 0 Å². The van der Waals surface area contributed by atoms with Crippen molar-refractivity contribution < 1.29 is 9.59 Å². The molecule has 0 radical (unpaired) electrons. The Morgan fingerprint density at radius 2 is 1.00 bits per heavy atom. The summed E-state index contributed by atoms with van der Waals surface area (Å²) in [6.45, 7) is 4.25. The molecule has 6 aromatic rings. The number of nitrogens with zero attached hydrogens (tertiary/aromatic N) is 6. The van der Waals surface area contributed by atoms with Crippen molar-refractivity contribution in [2.75, 3.05) is 0 Å². The van der Waals surface area contributed by atoms with Crippen molar-refractivity contribution in [3.8, 4) is 11.4 Å². The minimum atomic E-state index is -0.160. The first-order chi connectivity index (χ1) is 21.8. The predicted molar refractivity (Wildman–Crippen MR) is 173 cm³/mol. The molecule has 11 heteroatoms. The van der Waals surface area contributed by atoms with Gasteiger partial charge in [-0.1, -0.05) is 83.9 Å². The number of ketones is 2. The lowest BCUT2D eigenvalue weighted by Crippen LogP contribution is -2.20. The summed E-state index contributed by atoms with van der Waals surface area (Å²) in [5, 5.41) is 21.7. The highest BCUT2D eigenvalue weighted by molar-refractivity contribution is 6.31. The quantitative estimate of drug-likeness (QED) is 0.171. The smallest absolute Gasteiger partial charge is 0.195 e. The third kappa shape index (κ3) is 6.19. The molecule has 0 saturated carbocycles. The molecular formula is C34H27Cl2N7O2. The zero-order valence-electron chi connectivity index (χ0n) is 24.4. The number of carbonyl (C=O) groups excluding carboxylic acids is 2. The molecule has 224 valence electrons. The normalized spacial score (nSPS) is 11.1. The number of benzene rings is 4. The molecule has 9 nitrogen and oxygen atoms in total. The summed E-state index contributed by atoms with van der Waals surface area (Å²) in [5.41, 5.74) is 3.22. The minimum Gasteiger partial charge on any atom is -0.303 e. The molecule has 0 bridgehead atoms. The summed E-state index contributed by atoms with van der Waals surface area (Å²) < 4.78 is 3.68. The maximum Gasteiger partial charge on any atom is 0.195 e. The lowest BCUT2D eigenvalue weighted by atomic mass is 10.0. The van der Waals surface area contributed by atoms with Gasteiger partial charge in [-0.15, -0.1) is 20.4 Å². The monoisotopic (exact) mass is 635 g/mol. The zero-order valence-corrected chi connectivity index (χ0v) is 25.9. The Bertz CT molecular complexity index is 1880. The Kier molecular flexibility index (Phi) is 8.66. The van der Waals surface area contributed by atoms with Crippen LogP contribution in [0, 0.1) is 13.8 Å². The van der Waals surface area contributed by atoms with Crippen molar-refractivity contribution in [3.05, 3.63) is 153 Å². The number of aryl methyl sites for hydroxylation is 2. The molecule has 0 atom stereocenters. The van der Waals surface area contributed by atoms with Crippen molar-refractivity contribution in [1.29, 1.82) is 0 Å². The van der Waals surface area contributed by atoms with Gasteiger partial charge in [0, 0.05) is 32.3 Å². The van der Waals surface area contributed by atoms with E-state index in [4.69, 9.17) is 23.2 Å². The fourth-order valence-corrected chi connectivity index (χ4v) is 5.56. The van der Waals surface area contributed by atoms with E-state index in [0.29, 0.717) is 80.1 Å². The van der Waals surface area contributed by atoms with Crippen molar-refractivity contribution in [1.82, 2.24) is 34.8 Å². The van der Waals surface area contributed by atoms with Crippen molar-refractivity contribution in [2.24, 2.45) is 0 Å². The van der Waals surface area contributed by atoms with Crippen molar-refractivity contribution in [2.45, 2.75) is 26.9 Å². The van der Waals surface area contributed by atoms with Gasteiger partial charge >= 0.3 is 0 Å². The van der Waals surface area contributed by atoms with E-state index < -0.39 is 0 Å². The molecular weight excluding hydrogens is 609 g/mol. The van der Waals surface area contributed by atoms with Gasteiger partial charge in [0.05, 0.1) is 24.5 Å². The number of aromatic nitrogens is 6. The van der Waals surface area contributed by atoms with Gasteiger partial charge < -0.3 is 5.32 Å². The second kappa shape index (κ2) is 13.0. The molecule has 0 saturated heterocycles. The molecule has 0 aliphatic rings.